The van der Waals surface area contributed by atoms with Gasteiger partial charge < -0.3 is 24.3 Å². The summed E-state index contributed by atoms with van der Waals surface area (Å²) in [5.41, 5.74) is 0.208. The molecule has 2 aromatic carbocycles. The molecule has 0 saturated carbocycles. The Kier molecular flexibility index (Phi) is 7.56. The van der Waals surface area contributed by atoms with Gasteiger partial charge in [-0.15, -0.1) is 0 Å². The number of nitro benzene ring substituents is 1. The van der Waals surface area contributed by atoms with Crippen molar-refractivity contribution in [3.05, 3.63) is 52.1 Å². The molecule has 0 aliphatic carbocycles. The first-order chi connectivity index (χ1) is 14.3. The molecule has 0 bridgehead atoms. The van der Waals surface area contributed by atoms with Gasteiger partial charge in [-0.1, -0.05) is 0 Å². The second kappa shape index (κ2) is 10.1. The van der Waals surface area contributed by atoms with Gasteiger partial charge in [-0.25, -0.2) is 4.79 Å². The minimum Gasteiger partial charge on any atom is -0.494 e. The summed E-state index contributed by atoms with van der Waals surface area (Å²) in [6.07, 6.45) is -1.14. The van der Waals surface area contributed by atoms with Crippen LogP contribution in [0.4, 0.5) is 11.4 Å². The molecule has 0 heterocycles. The zero-order valence-electron chi connectivity index (χ0n) is 17.0. The van der Waals surface area contributed by atoms with E-state index < -0.39 is 22.9 Å². The standard InChI is InChI=1S/C20H22N2O8/c1-5-29-18-10-13(6-9-16(18)27-3)20(24)30-12(2)19(23)21-15-8-7-14(22(25)26)11-17(15)28-4/h6-12H,5H2,1-4H3,(H,21,23)/t12-/m1/s1. The quantitative estimate of drug-likeness (QED) is 0.374. The van der Waals surface area contributed by atoms with Crippen molar-refractivity contribution >= 4 is 23.3 Å². The summed E-state index contributed by atoms with van der Waals surface area (Å²) in [5, 5.41) is 13.4. The fraction of sp³-hybridized carbons (Fsp3) is 0.300. The Morgan fingerprint density at radius 2 is 1.77 bits per heavy atom. The van der Waals surface area contributed by atoms with Gasteiger partial charge in [0, 0.05) is 6.07 Å². The maximum atomic E-state index is 12.4. The van der Waals surface area contributed by atoms with Gasteiger partial charge in [0.15, 0.2) is 17.6 Å². The van der Waals surface area contributed by atoms with E-state index in [9.17, 15) is 19.7 Å². The molecular weight excluding hydrogens is 396 g/mol. The van der Waals surface area contributed by atoms with Crippen molar-refractivity contribution in [2.45, 2.75) is 20.0 Å². The number of nitrogens with one attached hydrogen (secondary N) is 1. The Hall–Kier alpha value is -3.82. The third kappa shape index (κ3) is 5.37. The van der Waals surface area contributed by atoms with Crippen molar-refractivity contribution in [3.8, 4) is 17.2 Å². The summed E-state index contributed by atoms with van der Waals surface area (Å²) in [5.74, 6) is -0.412. The summed E-state index contributed by atoms with van der Waals surface area (Å²) in [7, 11) is 2.80. The third-order valence-electron chi connectivity index (χ3n) is 4.01. The van der Waals surface area contributed by atoms with E-state index in [0.717, 1.165) is 0 Å². The molecule has 0 aliphatic heterocycles. The lowest BCUT2D eigenvalue weighted by molar-refractivity contribution is -0.384. The number of anilines is 1. The molecule has 2 aromatic rings. The second-order valence-corrected chi connectivity index (χ2v) is 5.98. The van der Waals surface area contributed by atoms with Crippen LogP contribution < -0.4 is 19.5 Å². The SMILES string of the molecule is CCOc1cc(C(=O)O[C@H](C)C(=O)Nc2ccc([N+](=O)[O-])cc2OC)ccc1OC. The Morgan fingerprint density at radius 3 is 2.37 bits per heavy atom. The summed E-state index contributed by atoms with van der Waals surface area (Å²) in [6.45, 7) is 3.58. The molecule has 0 aliphatic rings. The van der Waals surface area contributed by atoms with Crippen LogP contribution in [-0.4, -0.2) is 43.7 Å². The molecule has 0 saturated heterocycles. The van der Waals surface area contributed by atoms with Crippen molar-refractivity contribution in [3.63, 3.8) is 0 Å². The van der Waals surface area contributed by atoms with Gasteiger partial charge in [0.1, 0.15) is 5.75 Å². The number of benzene rings is 2. The van der Waals surface area contributed by atoms with Crippen LogP contribution in [0.1, 0.15) is 24.2 Å². The van der Waals surface area contributed by atoms with Gasteiger partial charge in [-0.05, 0) is 38.1 Å². The van der Waals surface area contributed by atoms with Crippen molar-refractivity contribution < 1.29 is 33.5 Å². The minimum atomic E-state index is -1.14. The fourth-order valence-corrected chi connectivity index (χ4v) is 2.49. The third-order valence-corrected chi connectivity index (χ3v) is 4.01. The number of ether oxygens (including phenoxy) is 4. The zero-order valence-corrected chi connectivity index (χ0v) is 17.0. The number of hydrogen-bond acceptors (Lipinski definition) is 8. The smallest absolute Gasteiger partial charge is 0.339 e. The first-order valence-electron chi connectivity index (χ1n) is 8.95. The number of non-ortho nitro benzene ring substituents is 1. The van der Waals surface area contributed by atoms with Crippen LogP contribution in [0.25, 0.3) is 0 Å². The molecule has 10 heteroatoms. The number of amides is 1. The van der Waals surface area contributed by atoms with Crippen LogP contribution in [0.2, 0.25) is 0 Å². The molecule has 0 fully saturated rings. The average molecular weight is 418 g/mol. The zero-order chi connectivity index (χ0) is 22.3. The molecule has 160 valence electrons. The molecule has 0 spiro atoms. The molecule has 2 rings (SSSR count). The number of esters is 1. The van der Waals surface area contributed by atoms with E-state index in [1.807, 2.05) is 0 Å². The van der Waals surface area contributed by atoms with E-state index in [2.05, 4.69) is 5.32 Å². The number of carbonyl (C=O) groups excluding carboxylic acids is 2. The van der Waals surface area contributed by atoms with E-state index in [4.69, 9.17) is 18.9 Å². The van der Waals surface area contributed by atoms with Crippen molar-refractivity contribution in [1.29, 1.82) is 0 Å². The molecular formula is C20H22N2O8. The lowest BCUT2D eigenvalue weighted by Crippen LogP contribution is -2.30. The summed E-state index contributed by atoms with van der Waals surface area (Å²) in [6, 6.07) is 8.26. The van der Waals surface area contributed by atoms with E-state index in [1.54, 1.807) is 13.0 Å². The van der Waals surface area contributed by atoms with E-state index in [1.165, 1.54) is 51.5 Å². The van der Waals surface area contributed by atoms with Crippen molar-refractivity contribution in [1.82, 2.24) is 0 Å². The highest BCUT2D eigenvalue weighted by molar-refractivity contribution is 5.98. The summed E-state index contributed by atoms with van der Waals surface area (Å²) >= 11 is 0. The molecule has 0 radical (unpaired) electrons. The Balaban J connectivity index is 2.09. The molecule has 0 unspecified atom stereocenters. The van der Waals surface area contributed by atoms with Gasteiger partial charge in [-0.3, -0.25) is 14.9 Å². The first-order valence-corrected chi connectivity index (χ1v) is 8.95. The molecule has 10 nitrogen and oxygen atoms in total. The molecule has 1 amide bonds. The summed E-state index contributed by atoms with van der Waals surface area (Å²) < 4.78 is 20.9. The highest BCUT2D eigenvalue weighted by Gasteiger charge is 2.22. The maximum Gasteiger partial charge on any atom is 0.339 e. The van der Waals surface area contributed by atoms with Crippen LogP contribution in [0.3, 0.4) is 0 Å². The topological polar surface area (TPSA) is 126 Å². The number of hydrogen-bond donors (Lipinski definition) is 1. The van der Waals surface area contributed by atoms with Crippen molar-refractivity contribution in [2.75, 3.05) is 26.1 Å². The predicted octanol–water partition coefficient (Wildman–Crippen LogP) is 3.19. The highest BCUT2D eigenvalue weighted by Crippen LogP contribution is 2.30. The van der Waals surface area contributed by atoms with Gasteiger partial charge in [-0.2, -0.15) is 0 Å². The fourth-order valence-electron chi connectivity index (χ4n) is 2.49. The van der Waals surface area contributed by atoms with Crippen LogP contribution >= 0.6 is 0 Å². The maximum absolute atomic E-state index is 12.4. The van der Waals surface area contributed by atoms with Gasteiger partial charge in [0.25, 0.3) is 11.6 Å². The van der Waals surface area contributed by atoms with Gasteiger partial charge in [0.05, 0.1) is 43.1 Å². The monoisotopic (exact) mass is 418 g/mol. The molecule has 1 N–H and O–H groups in total. The summed E-state index contributed by atoms with van der Waals surface area (Å²) in [4.78, 5) is 35.1. The second-order valence-electron chi connectivity index (χ2n) is 5.98. The largest absolute Gasteiger partial charge is 0.494 e. The molecule has 30 heavy (non-hydrogen) atoms. The van der Waals surface area contributed by atoms with Crippen LogP contribution in [0, 0.1) is 10.1 Å². The van der Waals surface area contributed by atoms with E-state index >= 15 is 0 Å². The first kappa shape index (κ1) is 22.5. The van der Waals surface area contributed by atoms with E-state index in [-0.39, 0.29) is 22.7 Å². The Bertz CT molecular complexity index is 944. The molecule has 0 aromatic heterocycles. The highest BCUT2D eigenvalue weighted by atomic mass is 16.6. The van der Waals surface area contributed by atoms with Crippen LogP contribution in [-0.2, 0) is 9.53 Å². The van der Waals surface area contributed by atoms with Crippen LogP contribution in [0.15, 0.2) is 36.4 Å². The Morgan fingerprint density at radius 1 is 1.07 bits per heavy atom. The predicted molar refractivity (Wildman–Crippen MR) is 107 cm³/mol. The van der Waals surface area contributed by atoms with Gasteiger partial charge in [0.2, 0.25) is 0 Å². The van der Waals surface area contributed by atoms with Gasteiger partial charge >= 0.3 is 5.97 Å². The minimum absolute atomic E-state index is 0.104. The number of methoxy groups -OCH3 is 2. The average Bonchev–Trinajstić information content (AvgIpc) is 2.73. The number of nitro groups is 1. The molecule has 1 atom stereocenters. The lowest BCUT2D eigenvalue weighted by atomic mass is 10.2. The van der Waals surface area contributed by atoms with Crippen LogP contribution in [0.5, 0.6) is 17.2 Å². The number of nitrogens with zero attached hydrogens (tertiary/aromatic N) is 1. The number of rotatable bonds is 9. The van der Waals surface area contributed by atoms with E-state index in [0.29, 0.717) is 18.1 Å². The Labute approximate surface area is 172 Å². The normalized spacial score (nSPS) is 11.2. The number of carbonyl (C=O) groups is 2. The van der Waals surface area contributed by atoms with Crippen molar-refractivity contribution in [2.24, 2.45) is 0 Å². The lowest BCUT2D eigenvalue weighted by Gasteiger charge is -2.16.